The molecule has 0 radical (unpaired) electrons. The highest BCUT2D eigenvalue weighted by molar-refractivity contribution is 5.90. The van der Waals surface area contributed by atoms with Gasteiger partial charge in [0.15, 0.2) is 0 Å². The third kappa shape index (κ3) is 1.55. The summed E-state index contributed by atoms with van der Waals surface area (Å²) in [7, 11) is 0. The number of esters is 1. The Bertz CT molecular complexity index is 391. The van der Waals surface area contributed by atoms with Gasteiger partial charge in [-0.05, 0) is 36.6 Å². The summed E-state index contributed by atoms with van der Waals surface area (Å²) in [4.78, 5) is 11.4. The molecule has 0 fully saturated rings. The molecule has 0 bridgehead atoms. The predicted molar refractivity (Wildman–Crippen MR) is 55.1 cm³/mol. The molecule has 2 rings (SSSR count). The Morgan fingerprint density at radius 3 is 3.14 bits per heavy atom. The summed E-state index contributed by atoms with van der Waals surface area (Å²) in [6.07, 6.45) is 5.09. The second kappa shape index (κ2) is 3.66. The molecule has 14 heavy (non-hydrogen) atoms. The van der Waals surface area contributed by atoms with Crippen LogP contribution in [-0.2, 0) is 11.2 Å². The number of hydrogen-bond acceptors (Lipinski definition) is 2. The van der Waals surface area contributed by atoms with Gasteiger partial charge in [0.05, 0.1) is 12.2 Å². The fraction of sp³-hybridized carbons (Fsp3) is 0.250. The van der Waals surface area contributed by atoms with E-state index in [1.54, 1.807) is 0 Å². The lowest BCUT2D eigenvalue weighted by Crippen LogP contribution is -2.05. The average Bonchev–Trinajstić information content (AvgIpc) is 2.64. The Labute approximate surface area is 83.2 Å². The van der Waals surface area contributed by atoms with Gasteiger partial charge >= 0.3 is 5.97 Å². The molecule has 0 aliphatic heterocycles. The highest BCUT2D eigenvalue weighted by Crippen LogP contribution is 2.20. The molecule has 0 aromatic heterocycles. The van der Waals surface area contributed by atoms with Gasteiger partial charge in [-0.2, -0.15) is 0 Å². The van der Waals surface area contributed by atoms with Crippen LogP contribution in [0, 0.1) is 0 Å². The predicted octanol–water partition coefficient (Wildman–Crippen LogP) is 2.43. The molecule has 1 aliphatic rings. The molecule has 1 aromatic rings. The Kier molecular flexibility index (Phi) is 2.35. The van der Waals surface area contributed by atoms with E-state index in [1.807, 2.05) is 25.1 Å². The lowest BCUT2D eigenvalue weighted by atomic mass is 10.1. The minimum absolute atomic E-state index is 0.234. The van der Waals surface area contributed by atoms with Crippen LogP contribution in [-0.4, -0.2) is 12.6 Å². The van der Waals surface area contributed by atoms with Gasteiger partial charge in [-0.25, -0.2) is 4.79 Å². The monoisotopic (exact) mass is 188 g/mol. The van der Waals surface area contributed by atoms with Crippen LogP contribution < -0.4 is 0 Å². The van der Waals surface area contributed by atoms with Crippen LogP contribution in [0.15, 0.2) is 24.3 Å². The molecule has 72 valence electrons. The van der Waals surface area contributed by atoms with Crippen molar-refractivity contribution in [3.63, 3.8) is 0 Å². The molecule has 2 nitrogen and oxygen atoms in total. The van der Waals surface area contributed by atoms with Crippen molar-refractivity contribution in [3.05, 3.63) is 41.0 Å². The normalized spacial score (nSPS) is 12.6. The highest BCUT2D eigenvalue weighted by atomic mass is 16.5. The van der Waals surface area contributed by atoms with Gasteiger partial charge in [0.1, 0.15) is 0 Å². The van der Waals surface area contributed by atoms with Crippen LogP contribution in [0.1, 0.15) is 28.4 Å². The minimum Gasteiger partial charge on any atom is -0.462 e. The first-order chi connectivity index (χ1) is 6.81. The SMILES string of the molecule is CCOC(=O)c1ccc2c(c1)CC=C2. The molecule has 0 atom stereocenters. The molecule has 0 N–H and O–H groups in total. The van der Waals surface area contributed by atoms with E-state index in [2.05, 4.69) is 12.2 Å². The first-order valence-electron chi connectivity index (χ1n) is 4.78. The number of ether oxygens (including phenoxy) is 1. The quantitative estimate of drug-likeness (QED) is 0.666. The van der Waals surface area contributed by atoms with Crippen LogP contribution in [0.5, 0.6) is 0 Å². The molecular weight excluding hydrogens is 176 g/mol. The van der Waals surface area contributed by atoms with Gasteiger partial charge in [0.25, 0.3) is 0 Å². The third-order valence-corrected chi connectivity index (χ3v) is 2.29. The minimum atomic E-state index is -0.234. The maximum Gasteiger partial charge on any atom is 0.338 e. The first-order valence-corrected chi connectivity index (χ1v) is 4.78. The molecule has 0 amide bonds. The van der Waals surface area contributed by atoms with Crippen LogP contribution in [0.2, 0.25) is 0 Å². The zero-order valence-corrected chi connectivity index (χ0v) is 8.12. The van der Waals surface area contributed by atoms with Gasteiger partial charge in [-0.1, -0.05) is 18.2 Å². The van der Waals surface area contributed by atoms with E-state index in [0.29, 0.717) is 12.2 Å². The molecule has 1 aliphatic carbocycles. The molecule has 0 saturated carbocycles. The summed E-state index contributed by atoms with van der Waals surface area (Å²) in [5.41, 5.74) is 3.06. The van der Waals surface area contributed by atoms with Crippen molar-refractivity contribution < 1.29 is 9.53 Å². The van der Waals surface area contributed by atoms with Crippen molar-refractivity contribution in [1.29, 1.82) is 0 Å². The number of rotatable bonds is 2. The van der Waals surface area contributed by atoms with E-state index >= 15 is 0 Å². The van der Waals surface area contributed by atoms with E-state index in [0.717, 1.165) is 6.42 Å². The maximum atomic E-state index is 11.4. The lowest BCUT2D eigenvalue weighted by Gasteiger charge is -2.04. The van der Waals surface area contributed by atoms with Gasteiger partial charge < -0.3 is 4.74 Å². The van der Waals surface area contributed by atoms with Crippen molar-refractivity contribution in [2.75, 3.05) is 6.61 Å². The summed E-state index contributed by atoms with van der Waals surface area (Å²) < 4.78 is 4.93. The van der Waals surface area contributed by atoms with E-state index in [-0.39, 0.29) is 5.97 Å². The Morgan fingerprint density at radius 1 is 1.50 bits per heavy atom. The number of allylic oxidation sites excluding steroid dienone is 1. The van der Waals surface area contributed by atoms with Gasteiger partial charge in [0.2, 0.25) is 0 Å². The standard InChI is InChI=1S/C12H12O2/c1-2-14-12(13)11-7-6-9-4-3-5-10(9)8-11/h3-4,6-8H,2,5H2,1H3. The summed E-state index contributed by atoms with van der Waals surface area (Å²) >= 11 is 0. The molecule has 0 spiro atoms. The van der Waals surface area contributed by atoms with E-state index in [4.69, 9.17) is 4.74 Å². The van der Waals surface area contributed by atoms with Crippen molar-refractivity contribution >= 4 is 12.0 Å². The molecule has 0 unspecified atom stereocenters. The number of hydrogen-bond donors (Lipinski definition) is 0. The molecule has 1 aromatic carbocycles. The largest absolute Gasteiger partial charge is 0.462 e. The number of fused-ring (bicyclic) bond motifs is 1. The summed E-state index contributed by atoms with van der Waals surface area (Å²) in [5.74, 6) is -0.234. The zero-order chi connectivity index (χ0) is 9.97. The Morgan fingerprint density at radius 2 is 2.36 bits per heavy atom. The second-order valence-corrected chi connectivity index (χ2v) is 3.24. The smallest absolute Gasteiger partial charge is 0.338 e. The summed E-state index contributed by atoms with van der Waals surface area (Å²) in [5, 5.41) is 0. The van der Waals surface area contributed by atoms with Gasteiger partial charge in [-0.3, -0.25) is 0 Å². The number of carbonyl (C=O) groups excluding carboxylic acids is 1. The van der Waals surface area contributed by atoms with E-state index in [9.17, 15) is 4.79 Å². The van der Waals surface area contributed by atoms with Crippen LogP contribution in [0.3, 0.4) is 0 Å². The summed E-state index contributed by atoms with van der Waals surface area (Å²) in [6, 6.07) is 5.69. The molecule has 0 heterocycles. The summed E-state index contributed by atoms with van der Waals surface area (Å²) in [6.45, 7) is 2.24. The lowest BCUT2D eigenvalue weighted by molar-refractivity contribution is 0.0526. The fourth-order valence-electron chi connectivity index (χ4n) is 1.60. The Balaban J connectivity index is 2.26. The highest BCUT2D eigenvalue weighted by Gasteiger charge is 2.10. The zero-order valence-electron chi connectivity index (χ0n) is 8.12. The van der Waals surface area contributed by atoms with Crippen molar-refractivity contribution in [2.24, 2.45) is 0 Å². The van der Waals surface area contributed by atoms with Crippen molar-refractivity contribution in [3.8, 4) is 0 Å². The van der Waals surface area contributed by atoms with Crippen LogP contribution in [0.25, 0.3) is 6.08 Å². The topological polar surface area (TPSA) is 26.3 Å². The van der Waals surface area contributed by atoms with E-state index in [1.165, 1.54) is 11.1 Å². The Hall–Kier alpha value is -1.57. The maximum absolute atomic E-state index is 11.4. The second-order valence-electron chi connectivity index (χ2n) is 3.24. The van der Waals surface area contributed by atoms with Crippen LogP contribution in [0.4, 0.5) is 0 Å². The van der Waals surface area contributed by atoms with Crippen molar-refractivity contribution in [1.82, 2.24) is 0 Å². The van der Waals surface area contributed by atoms with Crippen LogP contribution >= 0.6 is 0 Å². The third-order valence-electron chi connectivity index (χ3n) is 2.29. The molecule has 2 heteroatoms. The molecular formula is C12H12O2. The average molecular weight is 188 g/mol. The van der Waals surface area contributed by atoms with E-state index < -0.39 is 0 Å². The van der Waals surface area contributed by atoms with Crippen molar-refractivity contribution in [2.45, 2.75) is 13.3 Å². The van der Waals surface area contributed by atoms with Gasteiger partial charge in [0, 0.05) is 0 Å². The molecule has 0 saturated heterocycles. The van der Waals surface area contributed by atoms with Gasteiger partial charge in [-0.15, -0.1) is 0 Å². The number of benzene rings is 1. The fourth-order valence-corrected chi connectivity index (χ4v) is 1.60. The first kappa shape index (κ1) is 9.00. The number of carbonyl (C=O) groups is 1.